The molecule has 4 heteroatoms. The third-order valence-corrected chi connectivity index (χ3v) is 4.78. The average Bonchev–Trinajstić information content (AvgIpc) is 3.11. The highest BCUT2D eigenvalue weighted by Crippen LogP contribution is 2.53. The lowest BCUT2D eigenvalue weighted by atomic mass is 9.92. The van der Waals surface area contributed by atoms with E-state index >= 15 is 0 Å². The maximum atomic E-state index is 11.1. The number of carboxylic acid groups (broad SMARTS) is 1. The summed E-state index contributed by atoms with van der Waals surface area (Å²) in [6.07, 6.45) is 2.50. The Bertz CT molecular complexity index is 681. The monoisotopic (exact) mass is 272 g/mol. The predicted octanol–water partition coefficient (Wildman–Crippen LogP) is 3.48. The van der Waals surface area contributed by atoms with Crippen LogP contribution in [0.2, 0.25) is 0 Å². The fraction of sp³-hybridized carbons (Fsp3) is 0.500. The van der Waals surface area contributed by atoms with Crippen LogP contribution in [0.3, 0.4) is 0 Å². The minimum atomic E-state index is -0.887. The van der Waals surface area contributed by atoms with Crippen LogP contribution in [0.25, 0.3) is 11.0 Å². The molecule has 3 rings (SSSR count). The number of carbonyl (C=O) groups is 1. The van der Waals surface area contributed by atoms with E-state index in [4.69, 9.17) is 5.11 Å². The van der Waals surface area contributed by atoms with Crippen molar-refractivity contribution < 1.29 is 9.90 Å². The number of fused-ring (bicyclic) bond motifs is 1. The molecule has 1 aliphatic rings. The summed E-state index contributed by atoms with van der Waals surface area (Å²) in [5.74, 6) is 0.721. The molecule has 1 aromatic heterocycles. The molecule has 0 atom stereocenters. The molecule has 0 bridgehead atoms. The highest BCUT2D eigenvalue weighted by molar-refractivity contribution is 5.92. The lowest BCUT2D eigenvalue weighted by Crippen LogP contribution is -2.18. The number of hydrogen-bond acceptors (Lipinski definition) is 2. The Morgan fingerprint density at radius 1 is 1.45 bits per heavy atom. The maximum absolute atomic E-state index is 11.1. The summed E-state index contributed by atoms with van der Waals surface area (Å²) >= 11 is 0. The third-order valence-electron chi connectivity index (χ3n) is 4.78. The Balaban J connectivity index is 2.07. The van der Waals surface area contributed by atoms with Crippen LogP contribution >= 0.6 is 0 Å². The van der Waals surface area contributed by atoms with Crippen molar-refractivity contribution in [1.29, 1.82) is 0 Å². The number of hydrogen-bond donors (Lipinski definition) is 1. The first-order chi connectivity index (χ1) is 9.43. The highest BCUT2D eigenvalue weighted by atomic mass is 16.4. The van der Waals surface area contributed by atoms with Gasteiger partial charge in [0.05, 0.1) is 16.6 Å². The number of imidazole rings is 1. The van der Waals surface area contributed by atoms with Crippen molar-refractivity contribution in [2.75, 3.05) is 0 Å². The van der Waals surface area contributed by atoms with E-state index in [1.807, 2.05) is 6.92 Å². The van der Waals surface area contributed by atoms with Crippen LogP contribution in [0, 0.1) is 18.3 Å². The SMILES string of the molecule is Cc1nc2ccc(C(=O)O)cc2n1CC1(C(C)C)CC1. The van der Waals surface area contributed by atoms with E-state index < -0.39 is 5.97 Å². The van der Waals surface area contributed by atoms with E-state index in [1.165, 1.54) is 12.8 Å². The van der Waals surface area contributed by atoms with Gasteiger partial charge >= 0.3 is 5.97 Å². The molecule has 0 radical (unpaired) electrons. The summed E-state index contributed by atoms with van der Waals surface area (Å²) in [5.41, 5.74) is 2.52. The van der Waals surface area contributed by atoms with E-state index in [1.54, 1.807) is 18.2 Å². The molecule has 1 aliphatic carbocycles. The van der Waals surface area contributed by atoms with Gasteiger partial charge in [0.2, 0.25) is 0 Å². The standard InChI is InChI=1S/C16H20N2O2/c1-10(2)16(6-7-16)9-18-11(3)17-13-5-4-12(15(19)20)8-14(13)18/h4-5,8,10H,6-7,9H2,1-3H3,(H,19,20). The number of nitrogens with zero attached hydrogens (tertiary/aromatic N) is 2. The Morgan fingerprint density at radius 3 is 2.70 bits per heavy atom. The Kier molecular flexibility index (Phi) is 2.85. The van der Waals surface area contributed by atoms with Crippen molar-refractivity contribution in [3.63, 3.8) is 0 Å². The van der Waals surface area contributed by atoms with E-state index in [2.05, 4.69) is 23.4 Å². The Hall–Kier alpha value is -1.84. The first kappa shape index (κ1) is 13.2. The van der Waals surface area contributed by atoms with E-state index in [-0.39, 0.29) is 0 Å². The van der Waals surface area contributed by atoms with Crippen LogP contribution in [-0.2, 0) is 6.54 Å². The Morgan fingerprint density at radius 2 is 2.15 bits per heavy atom. The Labute approximate surface area is 118 Å². The van der Waals surface area contributed by atoms with Gasteiger partial charge in [-0.3, -0.25) is 0 Å². The number of rotatable bonds is 4. The van der Waals surface area contributed by atoms with E-state index in [0.717, 1.165) is 23.4 Å². The van der Waals surface area contributed by atoms with Gasteiger partial charge in [0.15, 0.2) is 0 Å². The van der Waals surface area contributed by atoms with E-state index in [0.29, 0.717) is 16.9 Å². The van der Waals surface area contributed by atoms with Crippen molar-refractivity contribution in [2.24, 2.45) is 11.3 Å². The minimum Gasteiger partial charge on any atom is -0.478 e. The van der Waals surface area contributed by atoms with Gasteiger partial charge in [-0.05, 0) is 49.3 Å². The second kappa shape index (κ2) is 4.33. The van der Waals surface area contributed by atoms with Crippen LogP contribution < -0.4 is 0 Å². The van der Waals surface area contributed by atoms with Gasteiger partial charge in [-0.1, -0.05) is 13.8 Å². The number of benzene rings is 1. The molecule has 1 aromatic carbocycles. The highest BCUT2D eigenvalue weighted by Gasteiger charge is 2.45. The van der Waals surface area contributed by atoms with Gasteiger partial charge in [0.25, 0.3) is 0 Å². The molecule has 0 saturated heterocycles. The summed E-state index contributed by atoms with van der Waals surface area (Å²) < 4.78 is 2.19. The maximum Gasteiger partial charge on any atom is 0.335 e. The molecule has 2 aromatic rings. The van der Waals surface area contributed by atoms with E-state index in [9.17, 15) is 4.79 Å². The molecule has 20 heavy (non-hydrogen) atoms. The van der Waals surface area contributed by atoms with Crippen LogP contribution in [0.5, 0.6) is 0 Å². The van der Waals surface area contributed by atoms with Crippen LogP contribution in [0.4, 0.5) is 0 Å². The molecule has 0 aliphatic heterocycles. The third kappa shape index (κ3) is 1.99. The molecular weight excluding hydrogens is 252 g/mol. The summed E-state index contributed by atoms with van der Waals surface area (Å²) in [6, 6.07) is 5.17. The average molecular weight is 272 g/mol. The lowest BCUT2D eigenvalue weighted by molar-refractivity contribution is 0.0697. The van der Waals surface area contributed by atoms with Gasteiger partial charge in [-0.25, -0.2) is 9.78 Å². The summed E-state index contributed by atoms with van der Waals surface area (Å²) in [5, 5.41) is 9.15. The number of aryl methyl sites for hydroxylation is 1. The van der Waals surface area contributed by atoms with Crippen molar-refractivity contribution in [1.82, 2.24) is 9.55 Å². The van der Waals surface area contributed by atoms with Crippen LogP contribution in [0.15, 0.2) is 18.2 Å². The van der Waals surface area contributed by atoms with Crippen molar-refractivity contribution in [2.45, 2.75) is 40.2 Å². The number of carboxylic acids is 1. The van der Waals surface area contributed by atoms with Crippen LogP contribution in [0.1, 0.15) is 42.9 Å². The molecule has 106 valence electrons. The molecule has 1 N–H and O–H groups in total. The summed E-state index contributed by atoms with van der Waals surface area (Å²) in [7, 11) is 0. The van der Waals surface area contributed by atoms with Crippen molar-refractivity contribution >= 4 is 17.0 Å². The van der Waals surface area contributed by atoms with Gasteiger partial charge in [0.1, 0.15) is 5.82 Å². The number of aromatic nitrogens is 2. The van der Waals surface area contributed by atoms with Crippen LogP contribution in [-0.4, -0.2) is 20.6 Å². The van der Waals surface area contributed by atoms with Gasteiger partial charge in [0, 0.05) is 6.54 Å². The predicted molar refractivity (Wildman–Crippen MR) is 77.9 cm³/mol. The first-order valence-corrected chi connectivity index (χ1v) is 7.13. The molecule has 1 heterocycles. The second-order valence-electron chi connectivity index (χ2n) is 6.27. The van der Waals surface area contributed by atoms with Gasteiger partial charge in [-0.15, -0.1) is 0 Å². The topological polar surface area (TPSA) is 55.1 Å². The first-order valence-electron chi connectivity index (χ1n) is 7.13. The quantitative estimate of drug-likeness (QED) is 0.927. The normalized spacial score (nSPS) is 16.8. The number of aromatic carboxylic acids is 1. The zero-order valence-electron chi connectivity index (χ0n) is 12.2. The molecule has 0 amide bonds. The zero-order valence-corrected chi connectivity index (χ0v) is 12.2. The molecular formula is C16H20N2O2. The second-order valence-corrected chi connectivity index (χ2v) is 6.27. The fourth-order valence-corrected chi connectivity index (χ4v) is 2.97. The minimum absolute atomic E-state index is 0.327. The fourth-order valence-electron chi connectivity index (χ4n) is 2.97. The zero-order chi connectivity index (χ0) is 14.5. The lowest BCUT2D eigenvalue weighted by Gasteiger charge is -2.21. The molecule has 1 fully saturated rings. The molecule has 1 saturated carbocycles. The van der Waals surface area contributed by atoms with Gasteiger partial charge in [-0.2, -0.15) is 0 Å². The molecule has 4 nitrogen and oxygen atoms in total. The molecule has 0 unspecified atom stereocenters. The van der Waals surface area contributed by atoms with Gasteiger partial charge < -0.3 is 9.67 Å². The van der Waals surface area contributed by atoms with Crippen molar-refractivity contribution in [3.05, 3.63) is 29.6 Å². The summed E-state index contributed by atoms with van der Waals surface area (Å²) in [4.78, 5) is 15.7. The van der Waals surface area contributed by atoms with Crippen molar-refractivity contribution in [3.8, 4) is 0 Å². The molecule has 0 spiro atoms. The smallest absolute Gasteiger partial charge is 0.335 e. The largest absolute Gasteiger partial charge is 0.478 e. The summed E-state index contributed by atoms with van der Waals surface area (Å²) in [6.45, 7) is 7.47.